The summed E-state index contributed by atoms with van der Waals surface area (Å²) in [5, 5.41) is 2.28. The van der Waals surface area contributed by atoms with E-state index in [4.69, 9.17) is 0 Å². The number of hydrogen-bond donors (Lipinski definition) is 0. The van der Waals surface area contributed by atoms with Crippen LogP contribution in [-0.2, 0) is 4.79 Å². The molecule has 0 aliphatic carbocycles. The van der Waals surface area contributed by atoms with Gasteiger partial charge >= 0.3 is 0 Å². The van der Waals surface area contributed by atoms with Gasteiger partial charge < -0.3 is 0 Å². The molecule has 0 radical (unpaired) electrons. The van der Waals surface area contributed by atoms with E-state index in [1.165, 1.54) is 0 Å². The predicted molar refractivity (Wildman–Crippen MR) is 74.4 cm³/mol. The summed E-state index contributed by atoms with van der Waals surface area (Å²) in [4.78, 5) is 12.1. The number of carbonyl (C=O) groups excluding carboxylic acids is 1. The van der Waals surface area contributed by atoms with Crippen LogP contribution in [0.4, 0.5) is 0 Å². The average molecular weight is 242 g/mol. The quantitative estimate of drug-likeness (QED) is 0.753. The number of rotatable bonds is 4. The third-order valence-corrected chi connectivity index (χ3v) is 5.02. The highest BCUT2D eigenvalue weighted by Crippen LogP contribution is 2.35. The van der Waals surface area contributed by atoms with E-state index in [2.05, 4.69) is 0 Å². The van der Waals surface area contributed by atoms with Crippen molar-refractivity contribution >= 4 is 24.1 Å². The van der Waals surface area contributed by atoms with E-state index in [0.29, 0.717) is 11.9 Å². The van der Waals surface area contributed by atoms with Crippen LogP contribution in [0, 0.1) is 0 Å². The molecule has 0 heterocycles. The normalized spacial score (nSPS) is 10.5. The highest BCUT2D eigenvalue weighted by Gasteiger charge is 2.19. The van der Waals surface area contributed by atoms with Crippen LogP contribution in [-0.4, -0.2) is 5.52 Å². The number of benzene rings is 2. The first-order chi connectivity index (χ1) is 8.33. The molecule has 0 saturated carbocycles. The van der Waals surface area contributed by atoms with Crippen molar-refractivity contribution in [2.45, 2.75) is 13.3 Å². The SMILES string of the molecule is CCC(=O)P(c1ccccc1)c1ccccc1. The molecule has 86 valence electrons. The molecule has 0 aliphatic rings. The van der Waals surface area contributed by atoms with Gasteiger partial charge in [0.15, 0.2) is 5.52 Å². The predicted octanol–water partition coefficient (Wildman–Crippen LogP) is 3.06. The van der Waals surface area contributed by atoms with Gasteiger partial charge in [0.2, 0.25) is 0 Å². The molecule has 0 spiro atoms. The molecule has 0 aromatic heterocycles. The lowest BCUT2D eigenvalue weighted by Crippen LogP contribution is -2.17. The Morgan fingerprint density at radius 3 is 1.65 bits per heavy atom. The van der Waals surface area contributed by atoms with E-state index in [1.807, 2.05) is 67.6 Å². The van der Waals surface area contributed by atoms with Crippen LogP contribution in [0.3, 0.4) is 0 Å². The van der Waals surface area contributed by atoms with Gasteiger partial charge in [0.05, 0.1) is 0 Å². The third kappa shape index (κ3) is 2.81. The van der Waals surface area contributed by atoms with Gasteiger partial charge in [-0.3, -0.25) is 4.79 Å². The molecule has 2 heteroatoms. The Bertz CT molecular complexity index is 439. The molecule has 2 rings (SSSR count). The standard InChI is InChI=1S/C15H15OP/c1-2-15(16)17(13-9-5-3-6-10-13)14-11-7-4-8-12-14/h3-12H,2H2,1H3. The minimum atomic E-state index is -0.851. The van der Waals surface area contributed by atoms with Crippen LogP contribution in [0.2, 0.25) is 0 Å². The second-order valence-electron chi connectivity index (χ2n) is 3.75. The van der Waals surface area contributed by atoms with Crippen molar-refractivity contribution in [2.24, 2.45) is 0 Å². The van der Waals surface area contributed by atoms with Gasteiger partial charge in [-0.1, -0.05) is 67.6 Å². The minimum absolute atomic E-state index is 0.331. The summed E-state index contributed by atoms with van der Waals surface area (Å²) in [6.45, 7) is 1.93. The van der Waals surface area contributed by atoms with Gasteiger partial charge in [0.1, 0.15) is 0 Å². The molecule has 0 saturated heterocycles. The van der Waals surface area contributed by atoms with E-state index in [1.54, 1.807) is 0 Å². The molecule has 0 aliphatic heterocycles. The monoisotopic (exact) mass is 242 g/mol. The molecule has 0 bridgehead atoms. The lowest BCUT2D eigenvalue weighted by atomic mass is 10.4. The van der Waals surface area contributed by atoms with Crippen molar-refractivity contribution < 1.29 is 4.79 Å². The van der Waals surface area contributed by atoms with E-state index in [9.17, 15) is 4.79 Å². The van der Waals surface area contributed by atoms with Crippen molar-refractivity contribution in [3.05, 3.63) is 60.7 Å². The van der Waals surface area contributed by atoms with Crippen LogP contribution in [0.1, 0.15) is 13.3 Å². The Morgan fingerprint density at radius 2 is 1.29 bits per heavy atom. The maximum Gasteiger partial charge on any atom is 0.163 e. The molecule has 1 nitrogen and oxygen atoms in total. The Balaban J connectivity index is 2.43. The number of hydrogen-bond acceptors (Lipinski definition) is 1. The van der Waals surface area contributed by atoms with Crippen LogP contribution >= 0.6 is 7.92 Å². The summed E-state index contributed by atoms with van der Waals surface area (Å²) >= 11 is 0. The van der Waals surface area contributed by atoms with Crippen molar-refractivity contribution in [3.63, 3.8) is 0 Å². The lowest BCUT2D eigenvalue weighted by Gasteiger charge is -2.16. The fraction of sp³-hybridized carbons (Fsp3) is 0.133. The smallest absolute Gasteiger partial charge is 0.163 e. The molecule has 0 fully saturated rings. The van der Waals surface area contributed by atoms with Crippen molar-refractivity contribution in [3.8, 4) is 0 Å². The molecule has 0 N–H and O–H groups in total. The molecule has 0 unspecified atom stereocenters. The summed E-state index contributed by atoms with van der Waals surface area (Å²) < 4.78 is 0. The van der Waals surface area contributed by atoms with Crippen LogP contribution in [0.5, 0.6) is 0 Å². The molecule has 0 amide bonds. The van der Waals surface area contributed by atoms with Crippen LogP contribution in [0.15, 0.2) is 60.7 Å². The molecule has 0 atom stereocenters. The van der Waals surface area contributed by atoms with E-state index in [0.717, 1.165) is 10.6 Å². The fourth-order valence-electron chi connectivity index (χ4n) is 1.75. The van der Waals surface area contributed by atoms with Crippen molar-refractivity contribution in [2.75, 3.05) is 0 Å². The maximum atomic E-state index is 12.1. The Hall–Kier alpha value is -1.46. The third-order valence-electron chi connectivity index (χ3n) is 2.58. The summed E-state index contributed by atoms with van der Waals surface area (Å²) in [5.74, 6) is 0. The van der Waals surface area contributed by atoms with Crippen LogP contribution < -0.4 is 10.6 Å². The summed E-state index contributed by atoms with van der Waals surface area (Å²) in [6, 6.07) is 20.1. The zero-order chi connectivity index (χ0) is 12.1. The Morgan fingerprint density at radius 1 is 0.882 bits per heavy atom. The highest BCUT2D eigenvalue weighted by molar-refractivity contribution is 7.87. The van der Waals surface area contributed by atoms with Gasteiger partial charge in [-0.05, 0) is 10.6 Å². The fourth-order valence-corrected chi connectivity index (χ4v) is 3.88. The van der Waals surface area contributed by atoms with Gasteiger partial charge in [0.25, 0.3) is 0 Å². The van der Waals surface area contributed by atoms with Gasteiger partial charge in [-0.15, -0.1) is 0 Å². The largest absolute Gasteiger partial charge is 0.294 e. The summed E-state index contributed by atoms with van der Waals surface area (Å²) in [5.41, 5.74) is 0.331. The van der Waals surface area contributed by atoms with Gasteiger partial charge in [-0.2, -0.15) is 0 Å². The molecular formula is C15H15OP. The first-order valence-corrected chi connectivity index (χ1v) is 7.10. The van der Waals surface area contributed by atoms with Crippen molar-refractivity contribution in [1.82, 2.24) is 0 Å². The molecule has 2 aromatic carbocycles. The van der Waals surface area contributed by atoms with Crippen LogP contribution in [0.25, 0.3) is 0 Å². The van der Waals surface area contributed by atoms with E-state index in [-0.39, 0.29) is 0 Å². The Labute approximate surface area is 103 Å². The van der Waals surface area contributed by atoms with E-state index < -0.39 is 7.92 Å². The summed E-state index contributed by atoms with van der Waals surface area (Å²) in [7, 11) is -0.851. The van der Waals surface area contributed by atoms with Gasteiger partial charge in [-0.25, -0.2) is 0 Å². The first kappa shape index (κ1) is 12.0. The minimum Gasteiger partial charge on any atom is -0.294 e. The summed E-state index contributed by atoms with van der Waals surface area (Å²) in [6.07, 6.45) is 0.593. The molecule has 17 heavy (non-hydrogen) atoms. The molecule has 2 aromatic rings. The number of carbonyl (C=O) groups is 1. The zero-order valence-corrected chi connectivity index (χ0v) is 10.7. The second-order valence-corrected chi connectivity index (χ2v) is 5.96. The van der Waals surface area contributed by atoms with Crippen molar-refractivity contribution in [1.29, 1.82) is 0 Å². The highest BCUT2D eigenvalue weighted by atomic mass is 31.1. The lowest BCUT2D eigenvalue weighted by molar-refractivity contribution is -0.111. The molecular weight excluding hydrogens is 227 g/mol. The van der Waals surface area contributed by atoms with Gasteiger partial charge in [0, 0.05) is 14.3 Å². The van der Waals surface area contributed by atoms with E-state index >= 15 is 0 Å². The topological polar surface area (TPSA) is 17.1 Å². The zero-order valence-electron chi connectivity index (χ0n) is 9.84. The maximum absolute atomic E-state index is 12.1. The first-order valence-electron chi connectivity index (χ1n) is 5.76. The average Bonchev–Trinajstić information content (AvgIpc) is 2.41. The second kappa shape index (κ2) is 5.75. The Kier molecular flexibility index (Phi) is 4.06.